The Morgan fingerprint density at radius 3 is 2.43 bits per heavy atom. The van der Waals surface area contributed by atoms with Gasteiger partial charge in [0, 0.05) is 0 Å². The second-order valence-corrected chi connectivity index (χ2v) is 3.01. The summed E-state index contributed by atoms with van der Waals surface area (Å²) in [5.74, 6) is 0.836. The number of aliphatic hydroxyl groups excluding tert-OH is 1. The fourth-order valence-electron chi connectivity index (χ4n) is 1.20. The zero-order valence-electron chi connectivity index (χ0n) is 8.56. The van der Waals surface area contributed by atoms with Crippen molar-refractivity contribution in [3.8, 4) is 5.75 Å². The minimum atomic E-state index is 0.00746. The molecule has 1 unspecified atom stereocenters. The zero-order valence-corrected chi connectivity index (χ0v) is 8.56. The van der Waals surface area contributed by atoms with Crippen LogP contribution in [0, 0.1) is 0 Å². The first-order chi connectivity index (χ1) is 6.77. The van der Waals surface area contributed by atoms with Crippen LogP contribution < -0.4 is 4.74 Å². The molecule has 1 atom stereocenters. The third-order valence-corrected chi connectivity index (χ3v) is 2.04. The number of benzene rings is 1. The summed E-state index contributed by atoms with van der Waals surface area (Å²) in [4.78, 5) is 0. The maximum absolute atomic E-state index is 8.60. The van der Waals surface area contributed by atoms with Gasteiger partial charge in [0.1, 0.15) is 5.75 Å². The Morgan fingerprint density at radius 2 is 1.93 bits per heavy atom. The first-order valence-electron chi connectivity index (χ1n) is 4.64. The molecule has 1 aromatic rings. The average molecular weight is 196 g/mol. The third-order valence-electron chi connectivity index (χ3n) is 2.04. The van der Waals surface area contributed by atoms with Gasteiger partial charge >= 0.3 is 0 Å². The molecule has 0 amide bonds. The molecule has 1 rings (SSSR count). The second kappa shape index (κ2) is 5.62. The molecule has 0 spiro atoms. The van der Waals surface area contributed by atoms with E-state index in [0.717, 1.165) is 11.3 Å². The molecule has 0 radical (unpaired) electrons. The number of rotatable bonds is 5. The Kier molecular flexibility index (Phi) is 4.43. The topological polar surface area (TPSA) is 38.7 Å². The molecule has 0 aromatic heterocycles. The van der Waals surface area contributed by atoms with E-state index < -0.39 is 0 Å². The molecule has 78 valence electrons. The van der Waals surface area contributed by atoms with Crippen LogP contribution in [0.5, 0.6) is 5.75 Å². The van der Waals surface area contributed by atoms with Crippen molar-refractivity contribution < 1.29 is 14.6 Å². The smallest absolute Gasteiger partial charge is 0.118 e. The summed E-state index contributed by atoms with van der Waals surface area (Å²) in [6.07, 6.45) is 0.00746. The first-order valence-corrected chi connectivity index (χ1v) is 4.64. The lowest BCUT2D eigenvalue weighted by molar-refractivity contribution is 0.0385. The molecular formula is C11H16O3. The maximum atomic E-state index is 8.60. The number of methoxy groups -OCH3 is 1. The Morgan fingerprint density at radius 1 is 1.29 bits per heavy atom. The molecule has 1 N–H and O–H groups in total. The van der Waals surface area contributed by atoms with Crippen molar-refractivity contribution in [2.75, 3.05) is 20.3 Å². The third kappa shape index (κ3) is 3.01. The summed E-state index contributed by atoms with van der Waals surface area (Å²) in [5, 5.41) is 8.60. The lowest BCUT2D eigenvalue weighted by Crippen LogP contribution is -2.04. The summed E-state index contributed by atoms with van der Waals surface area (Å²) in [6.45, 7) is 2.38. The highest BCUT2D eigenvalue weighted by atomic mass is 16.5. The quantitative estimate of drug-likeness (QED) is 0.780. The van der Waals surface area contributed by atoms with Gasteiger partial charge in [-0.05, 0) is 24.6 Å². The SMILES string of the molecule is COc1ccc(C(C)OCCO)cc1. The summed E-state index contributed by atoms with van der Waals surface area (Å²) < 4.78 is 10.4. The highest BCUT2D eigenvalue weighted by molar-refractivity contribution is 5.28. The molecule has 3 nitrogen and oxygen atoms in total. The summed E-state index contributed by atoms with van der Waals surface area (Å²) in [7, 11) is 1.64. The molecule has 0 heterocycles. The van der Waals surface area contributed by atoms with Gasteiger partial charge in [0.15, 0.2) is 0 Å². The predicted octanol–water partition coefficient (Wildman–Crippen LogP) is 1.77. The second-order valence-electron chi connectivity index (χ2n) is 3.01. The van der Waals surface area contributed by atoms with Crippen LogP contribution in [0.3, 0.4) is 0 Å². The summed E-state index contributed by atoms with van der Waals surface area (Å²) in [6, 6.07) is 7.71. The van der Waals surface area contributed by atoms with E-state index in [2.05, 4.69) is 0 Å². The van der Waals surface area contributed by atoms with Crippen LogP contribution in [0.2, 0.25) is 0 Å². The van der Waals surface area contributed by atoms with Crippen LogP contribution in [0.15, 0.2) is 24.3 Å². The van der Waals surface area contributed by atoms with Crippen LogP contribution in [0.4, 0.5) is 0 Å². The van der Waals surface area contributed by atoms with E-state index in [9.17, 15) is 0 Å². The van der Waals surface area contributed by atoms with E-state index >= 15 is 0 Å². The van der Waals surface area contributed by atoms with Crippen LogP contribution in [0.25, 0.3) is 0 Å². The molecule has 0 saturated heterocycles. The van der Waals surface area contributed by atoms with Crippen molar-refractivity contribution in [1.29, 1.82) is 0 Å². The van der Waals surface area contributed by atoms with Crippen molar-refractivity contribution in [3.63, 3.8) is 0 Å². The Bertz CT molecular complexity index is 256. The average Bonchev–Trinajstić information content (AvgIpc) is 2.26. The zero-order chi connectivity index (χ0) is 10.4. The lowest BCUT2D eigenvalue weighted by atomic mass is 10.1. The van der Waals surface area contributed by atoms with E-state index in [-0.39, 0.29) is 12.7 Å². The van der Waals surface area contributed by atoms with Gasteiger partial charge in [0.2, 0.25) is 0 Å². The van der Waals surface area contributed by atoms with Crippen molar-refractivity contribution in [2.24, 2.45) is 0 Å². The van der Waals surface area contributed by atoms with E-state index in [1.165, 1.54) is 0 Å². The van der Waals surface area contributed by atoms with Gasteiger partial charge in [0.25, 0.3) is 0 Å². The van der Waals surface area contributed by atoms with Gasteiger partial charge < -0.3 is 14.6 Å². The maximum Gasteiger partial charge on any atom is 0.118 e. The van der Waals surface area contributed by atoms with Crippen LogP contribution in [-0.4, -0.2) is 25.4 Å². The molecule has 0 fully saturated rings. The minimum absolute atomic E-state index is 0.00746. The molecule has 0 saturated carbocycles. The monoisotopic (exact) mass is 196 g/mol. The molecule has 1 aromatic carbocycles. The molecular weight excluding hydrogens is 180 g/mol. The fraction of sp³-hybridized carbons (Fsp3) is 0.455. The molecule has 14 heavy (non-hydrogen) atoms. The molecule has 3 heteroatoms. The highest BCUT2D eigenvalue weighted by Crippen LogP contribution is 2.19. The number of ether oxygens (including phenoxy) is 2. The van der Waals surface area contributed by atoms with Crippen molar-refractivity contribution >= 4 is 0 Å². The van der Waals surface area contributed by atoms with Gasteiger partial charge in [0.05, 0.1) is 26.4 Å². The summed E-state index contributed by atoms with van der Waals surface area (Å²) >= 11 is 0. The normalized spacial score (nSPS) is 12.5. The Hall–Kier alpha value is -1.06. The van der Waals surface area contributed by atoms with Crippen molar-refractivity contribution in [1.82, 2.24) is 0 Å². The van der Waals surface area contributed by atoms with Gasteiger partial charge in [-0.3, -0.25) is 0 Å². The van der Waals surface area contributed by atoms with Gasteiger partial charge in [-0.2, -0.15) is 0 Å². The molecule has 0 aliphatic rings. The van der Waals surface area contributed by atoms with E-state index in [4.69, 9.17) is 14.6 Å². The van der Waals surface area contributed by atoms with Crippen molar-refractivity contribution in [2.45, 2.75) is 13.0 Å². The molecule has 0 aliphatic carbocycles. The van der Waals surface area contributed by atoms with Gasteiger partial charge in [-0.15, -0.1) is 0 Å². The minimum Gasteiger partial charge on any atom is -0.497 e. The van der Waals surface area contributed by atoms with Crippen LogP contribution in [-0.2, 0) is 4.74 Å². The van der Waals surface area contributed by atoms with Crippen LogP contribution >= 0.6 is 0 Å². The summed E-state index contributed by atoms with van der Waals surface area (Å²) in [5.41, 5.74) is 1.08. The van der Waals surface area contributed by atoms with E-state index in [1.807, 2.05) is 31.2 Å². The fourth-order valence-corrected chi connectivity index (χ4v) is 1.20. The molecule has 0 bridgehead atoms. The number of aliphatic hydroxyl groups is 1. The first kappa shape index (κ1) is 11.0. The van der Waals surface area contributed by atoms with Crippen LogP contribution in [0.1, 0.15) is 18.6 Å². The largest absolute Gasteiger partial charge is 0.497 e. The van der Waals surface area contributed by atoms with Crippen molar-refractivity contribution in [3.05, 3.63) is 29.8 Å². The highest BCUT2D eigenvalue weighted by Gasteiger charge is 2.04. The predicted molar refractivity (Wildman–Crippen MR) is 54.4 cm³/mol. The van der Waals surface area contributed by atoms with Gasteiger partial charge in [-0.1, -0.05) is 12.1 Å². The number of hydrogen-bond donors (Lipinski definition) is 1. The number of hydrogen-bond acceptors (Lipinski definition) is 3. The standard InChI is InChI=1S/C11H16O3/c1-9(14-8-7-12)10-3-5-11(13-2)6-4-10/h3-6,9,12H,7-8H2,1-2H3. The van der Waals surface area contributed by atoms with E-state index in [0.29, 0.717) is 6.61 Å². The van der Waals surface area contributed by atoms with Gasteiger partial charge in [-0.25, -0.2) is 0 Å². The Labute approximate surface area is 84.3 Å². The van der Waals surface area contributed by atoms with E-state index in [1.54, 1.807) is 7.11 Å². The molecule has 0 aliphatic heterocycles. The lowest BCUT2D eigenvalue weighted by Gasteiger charge is -2.12. The Balaban J connectivity index is 2.57.